The van der Waals surface area contributed by atoms with Crippen molar-refractivity contribution in [1.82, 2.24) is 44.9 Å². The molecule has 16 nitrogen and oxygen atoms in total. The van der Waals surface area contributed by atoms with Gasteiger partial charge in [0.05, 0.1) is 71.0 Å². The van der Waals surface area contributed by atoms with Crippen LogP contribution in [0.3, 0.4) is 0 Å². The number of H-pyrrole nitrogens is 2. The highest BCUT2D eigenvalue weighted by Crippen LogP contribution is 2.48. The molecule has 2 fully saturated rings. The average molecular weight is 938 g/mol. The molecule has 0 radical (unpaired) electrons. The topological polar surface area (TPSA) is 189 Å². The van der Waals surface area contributed by atoms with E-state index < -0.39 is 36.9 Å². The number of likely N-dealkylation sites (tertiary alicyclic amines) is 2. The van der Waals surface area contributed by atoms with Crippen LogP contribution < -0.4 is 15.4 Å². The van der Waals surface area contributed by atoms with E-state index in [1.165, 1.54) is 20.3 Å². The summed E-state index contributed by atoms with van der Waals surface area (Å²) in [6, 6.07) is 14.9. The van der Waals surface area contributed by atoms with E-state index >= 15 is 0 Å². The number of amides is 4. The molecule has 19 heteroatoms. The maximum atomic E-state index is 14.0. The number of imidazole rings is 2. The number of benzene rings is 2. The normalized spacial score (nSPS) is 18.8. The lowest BCUT2D eigenvalue weighted by atomic mass is 10.0. The average Bonchev–Trinajstić information content (AvgIpc) is 4.17. The molecule has 67 heavy (non-hydrogen) atoms. The Bertz CT molecular complexity index is 2830. The summed E-state index contributed by atoms with van der Waals surface area (Å²) in [7, 11) is 2.54. The molecular formula is C48H53F2N9O7S. The van der Waals surface area contributed by atoms with Gasteiger partial charge in [-0.3, -0.25) is 14.2 Å². The van der Waals surface area contributed by atoms with Gasteiger partial charge in [-0.2, -0.15) is 0 Å². The van der Waals surface area contributed by atoms with Gasteiger partial charge in [0.1, 0.15) is 29.5 Å². The fraction of sp³-hybridized carbons (Fsp3) is 0.417. The van der Waals surface area contributed by atoms with Crippen molar-refractivity contribution >= 4 is 46.2 Å². The first-order valence-corrected chi connectivity index (χ1v) is 23.3. The molecule has 2 aromatic carbocycles. The number of alkyl carbamates (subject to hydrolysis) is 2. The van der Waals surface area contributed by atoms with Crippen molar-refractivity contribution in [3.63, 3.8) is 0 Å². The van der Waals surface area contributed by atoms with E-state index in [1.807, 2.05) is 68.7 Å². The lowest BCUT2D eigenvalue weighted by molar-refractivity contribution is -0.136. The van der Waals surface area contributed by atoms with Gasteiger partial charge >= 0.3 is 12.2 Å². The molecular weight excluding hydrogens is 885 g/mol. The Morgan fingerprint density at radius 1 is 0.761 bits per heavy atom. The van der Waals surface area contributed by atoms with Gasteiger partial charge in [-0.15, -0.1) is 11.3 Å². The summed E-state index contributed by atoms with van der Waals surface area (Å²) in [6.07, 6.45) is 1.74. The van der Waals surface area contributed by atoms with Crippen LogP contribution in [0.4, 0.5) is 18.4 Å². The molecule has 0 saturated carbocycles. The standard InChI is InChI=1S/C48H53F2N9O7S/c1-24(2)39(55-47(62)64-5)44(60)57-17-7-9-33(57)42-51-22-30(53-42)26-12-14-32-28(19-26)20-35-29-13-11-27(21-36(29)66-46(59(32)35)38-16-15-37(67-38)41(49)50)31-23-52-43(54-31)34-10-8-18-58(34)45(61)40(25(3)4)56-48(63)65-6/h11-16,19-25,33-34,39-41,46H,7-10,17-18H2,1-6H3,(H,51,53)(H,52,54)(H,55,62)(H,56,63)/t33-,34+,39+,40-,46?/m0/s1. The number of thiophene rings is 1. The molecule has 4 N–H and O–H groups in total. The number of aromatic amines is 2. The quantitative estimate of drug-likeness (QED) is 0.0928. The Hall–Kier alpha value is -6.76. The van der Waals surface area contributed by atoms with E-state index in [0.717, 1.165) is 63.2 Å². The van der Waals surface area contributed by atoms with E-state index in [9.17, 15) is 28.0 Å². The van der Waals surface area contributed by atoms with Crippen molar-refractivity contribution in [2.45, 2.75) is 90.2 Å². The molecule has 352 valence electrons. The molecule has 0 aliphatic carbocycles. The van der Waals surface area contributed by atoms with Gasteiger partial charge in [-0.25, -0.2) is 28.3 Å². The van der Waals surface area contributed by atoms with Gasteiger partial charge in [-0.05, 0) is 80.0 Å². The van der Waals surface area contributed by atoms with Crippen molar-refractivity contribution in [3.05, 3.63) is 88.4 Å². The number of carbonyl (C=O) groups excluding carboxylic acids is 4. The summed E-state index contributed by atoms with van der Waals surface area (Å²) >= 11 is 1.01. The minimum absolute atomic E-state index is 0.0549. The number of halogens is 2. The zero-order valence-electron chi connectivity index (χ0n) is 38.0. The fourth-order valence-electron chi connectivity index (χ4n) is 9.53. The second kappa shape index (κ2) is 18.5. The van der Waals surface area contributed by atoms with Crippen LogP contribution in [0.15, 0.2) is 67.0 Å². The van der Waals surface area contributed by atoms with Gasteiger partial charge in [0.25, 0.3) is 6.43 Å². The lowest BCUT2D eigenvalue weighted by Crippen LogP contribution is -2.51. The second-order valence-electron chi connectivity index (χ2n) is 17.9. The molecule has 0 bridgehead atoms. The van der Waals surface area contributed by atoms with Gasteiger partial charge in [0.15, 0.2) is 0 Å². The first-order valence-electron chi connectivity index (χ1n) is 22.5. The number of nitrogens with one attached hydrogen (secondary N) is 4. The summed E-state index contributed by atoms with van der Waals surface area (Å²) in [6.45, 7) is 8.55. The van der Waals surface area contributed by atoms with Crippen molar-refractivity contribution in [2.75, 3.05) is 27.3 Å². The number of hydrogen-bond donors (Lipinski definition) is 4. The van der Waals surface area contributed by atoms with Gasteiger partial charge in [-0.1, -0.05) is 39.8 Å². The molecule has 5 atom stereocenters. The van der Waals surface area contributed by atoms with Gasteiger partial charge in [0, 0.05) is 35.2 Å². The molecule has 6 aromatic rings. The highest BCUT2D eigenvalue weighted by molar-refractivity contribution is 7.12. The van der Waals surface area contributed by atoms with Crippen LogP contribution in [0.5, 0.6) is 5.75 Å². The molecule has 3 aliphatic heterocycles. The van der Waals surface area contributed by atoms with E-state index in [1.54, 1.807) is 28.3 Å². The predicted octanol–water partition coefficient (Wildman–Crippen LogP) is 9.12. The summed E-state index contributed by atoms with van der Waals surface area (Å²) in [5.74, 6) is 1.10. The van der Waals surface area contributed by atoms with Crippen LogP contribution in [-0.2, 0) is 19.1 Å². The first-order chi connectivity index (χ1) is 32.2. The molecule has 4 aromatic heterocycles. The fourth-order valence-corrected chi connectivity index (χ4v) is 10.4. The monoisotopic (exact) mass is 937 g/mol. The second-order valence-corrected chi connectivity index (χ2v) is 19.0. The van der Waals surface area contributed by atoms with E-state index in [-0.39, 0.29) is 40.6 Å². The molecule has 2 saturated heterocycles. The summed E-state index contributed by atoms with van der Waals surface area (Å²) in [4.78, 5) is 72.2. The third-order valence-corrected chi connectivity index (χ3v) is 14.1. The van der Waals surface area contributed by atoms with Crippen LogP contribution in [0.1, 0.15) is 99.5 Å². The molecule has 0 spiro atoms. The number of ether oxygens (including phenoxy) is 3. The van der Waals surface area contributed by atoms with Crippen molar-refractivity contribution < 1.29 is 42.2 Å². The van der Waals surface area contributed by atoms with Crippen molar-refractivity contribution in [3.8, 4) is 39.5 Å². The molecule has 3 aliphatic rings. The van der Waals surface area contributed by atoms with Gasteiger partial charge in [0.2, 0.25) is 18.0 Å². The molecule has 7 heterocycles. The Morgan fingerprint density at radius 3 is 1.84 bits per heavy atom. The predicted molar refractivity (Wildman–Crippen MR) is 246 cm³/mol. The number of nitrogens with zero attached hydrogens (tertiary/aromatic N) is 5. The largest absolute Gasteiger partial charge is 0.464 e. The zero-order chi connectivity index (χ0) is 47.3. The molecule has 1 unspecified atom stereocenters. The van der Waals surface area contributed by atoms with Crippen LogP contribution in [0, 0.1) is 11.8 Å². The first kappa shape index (κ1) is 45.4. The Morgan fingerprint density at radius 2 is 1.31 bits per heavy atom. The minimum Gasteiger partial charge on any atom is -0.464 e. The summed E-state index contributed by atoms with van der Waals surface area (Å²) in [5.41, 5.74) is 5.59. The summed E-state index contributed by atoms with van der Waals surface area (Å²) < 4.78 is 46.4. The van der Waals surface area contributed by atoms with E-state index in [2.05, 4.69) is 26.7 Å². The number of methoxy groups -OCH3 is 2. The SMILES string of the molecule is COC(=O)N[C@H](C(=O)N1CCC[C@@H]1c1ncc(-c2ccc3c(c2)OC(c2ccc(C(F)F)s2)n2c-3cc3cc(-c4cnc([C@@H]5CCCN5C(=O)[C@H](NC(=O)OC)C(C)C)[nH]4)ccc32)[nH]1)C(C)C. The Labute approximate surface area is 389 Å². The third-order valence-electron chi connectivity index (χ3n) is 13.0. The molecule has 9 rings (SSSR count). The molecule has 4 amide bonds. The number of carbonyl (C=O) groups is 4. The number of fused-ring (bicyclic) bond motifs is 5. The maximum absolute atomic E-state index is 14.0. The van der Waals surface area contributed by atoms with Crippen molar-refractivity contribution in [1.29, 1.82) is 0 Å². The highest BCUT2D eigenvalue weighted by atomic mass is 32.1. The number of hydrogen-bond acceptors (Lipinski definition) is 10. The van der Waals surface area contributed by atoms with E-state index in [0.29, 0.717) is 53.9 Å². The third kappa shape index (κ3) is 8.60. The number of rotatable bonds is 12. The lowest BCUT2D eigenvalue weighted by Gasteiger charge is -2.30. The van der Waals surface area contributed by atoms with Gasteiger partial charge < -0.3 is 44.6 Å². The highest BCUT2D eigenvalue weighted by Gasteiger charge is 2.39. The van der Waals surface area contributed by atoms with E-state index in [4.69, 9.17) is 24.2 Å². The smallest absolute Gasteiger partial charge is 0.407 e. The van der Waals surface area contributed by atoms with Crippen LogP contribution in [-0.4, -0.2) is 97.7 Å². The van der Waals surface area contributed by atoms with Crippen LogP contribution in [0.2, 0.25) is 0 Å². The zero-order valence-corrected chi connectivity index (χ0v) is 38.8. The Kier molecular flexibility index (Phi) is 12.5. The minimum atomic E-state index is -2.63. The van der Waals surface area contributed by atoms with Crippen molar-refractivity contribution in [2.24, 2.45) is 11.8 Å². The Balaban J connectivity index is 1.02. The summed E-state index contributed by atoms with van der Waals surface area (Å²) in [5, 5.41) is 6.27. The van der Waals surface area contributed by atoms with Crippen LogP contribution >= 0.6 is 11.3 Å². The maximum Gasteiger partial charge on any atom is 0.407 e. The van der Waals surface area contributed by atoms with Crippen LogP contribution in [0.25, 0.3) is 44.7 Å². The number of aromatic nitrogens is 5. The number of alkyl halides is 2.